The molecule has 0 heterocycles. The van der Waals surface area contributed by atoms with Gasteiger partial charge in [-0.25, -0.2) is 0 Å². The fourth-order valence-corrected chi connectivity index (χ4v) is 1.63. The maximum Gasteiger partial charge on any atom is -0.00974 e. The van der Waals surface area contributed by atoms with Gasteiger partial charge >= 0.3 is 0 Å². The van der Waals surface area contributed by atoms with E-state index < -0.39 is 0 Å². The Balaban J connectivity index is 3.16. The minimum Gasteiger partial charge on any atom is -0.103 e. The Hall–Kier alpha value is -1.30. The van der Waals surface area contributed by atoms with Crippen molar-refractivity contribution in [3.8, 4) is 0 Å². The maximum atomic E-state index is 3.77. The molecule has 0 heteroatoms. The highest BCUT2D eigenvalue weighted by Gasteiger charge is 2.00. The van der Waals surface area contributed by atoms with Crippen LogP contribution in [0.15, 0.2) is 30.9 Å². The van der Waals surface area contributed by atoms with Crippen LogP contribution in [-0.4, -0.2) is 0 Å². The number of hydrogen-bond donors (Lipinski definition) is 0. The molecule has 0 spiro atoms. The average molecular weight is 186 g/mol. The first-order valence-corrected chi connectivity index (χ1v) is 5.02. The van der Waals surface area contributed by atoms with Crippen LogP contribution >= 0.6 is 0 Å². The van der Waals surface area contributed by atoms with Gasteiger partial charge in [0.1, 0.15) is 0 Å². The van der Waals surface area contributed by atoms with Gasteiger partial charge in [0.2, 0.25) is 0 Å². The molecule has 14 heavy (non-hydrogen) atoms. The average Bonchev–Trinajstić information content (AvgIpc) is 2.14. The lowest BCUT2D eigenvalue weighted by Crippen LogP contribution is -1.91. The highest BCUT2D eigenvalue weighted by molar-refractivity contribution is 5.56. The molecule has 0 bridgehead atoms. The van der Waals surface area contributed by atoms with Crippen LogP contribution in [0.4, 0.5) is 0 Å². The van der Waals surface area contributed by atoms with Crippen LogP contribution < -0.4 is 0 Å². The third-order valence-electron chi connectivity index (χ3n) is 2.44. The highest BCUT2D eigenvalue weighted by Crippen LogP contribution is 2.18. The fourth-order valence-electron chi connectivity index (χ4n) is 1.63. The van der Waals surface area contributed by atoms with E-state index in [1.54, 1.807) is 0 Å². The molecule has 0 saturated carbocycles. The van der Waals surface area contributed by atoms with Crippen LogP contribution in [-0.2, 0) is 6.42 Å². The van der Waals surface area contributed by atoms with Crippen LogP contribution in [0, 0.1) is 13.8 Å². The number of allylic oxidation sites excluding steroid dienone is 2. The zero-order chi connectivity index (χ0) is 10.6. The maximum absolute atomic E-state index is 3.77. The molecule has 0 aliphatic rings. The summed E-state index contributed by atoms with van der Waals surface area (Å²) in [5, 5.41) is 0. The molecule has 0 radical (unpaired) electrons. The van der Waals surface area contributed by atoms with E-state index in [-0.39, 0.29) is 0 Å². The summed E-state index contributed by atoms with van der Waals surface area (Å²) in [6.45, 7) is 10.1. The standard InChI is InChI=1S/C14H18/c1-5-7-13-9-12(4)14(8-6-2)10-11(13)3/h5-6,8-10H,1,7H2,2-4H3. The van der Waals surface area contributed by atoms with E-state index >= 15 is 0 Å². The zero-order valence-electron chi connectivity index (χ0n) is 9.30. The van der Waals surface area contributed by atoms with Gasteiger partial charge < -0.3 is 0 Å². The third kappa shape index (κ3) is 2.35. The molecule has 74 valence electrons. The van der Waals surface area contributed by atoms with Gasteiger partial charge in [-0.15, -0.1) is 6.58 Å². The molecule has 0 atom stereocenters. The van der Waals surface area contributed by atoms with E-state index in [0.717, 1.165) is 6.42 Å². The van der Waals surface area contributed by atoms with Gasteiger partial charge in [-0.1, -0.05) is 30.4 Å². The Morgan fingerprint density at radius 2 is 1.93 bits per heavy atom. The molecular weight excluding hydrogens is 168 g/mol. The van der Waals surface area contributed by atoms with Crippen molar-refractivity contribution in [3.63, 3.8) is 0 Å². The Bertz CT molecular complexity index is 357. The van der Waals surface area contributed by atoms with Crippen molar-refractivity contribution in [2.75, 3.05) is 0 Å². The SMILES string of the molecule is C=CCc1cc(C)c(C=CC)cc1C. The normalized spacial score (nSPS) is 10.8. The van der Waals surface area contributed by atoms with Gasteiger partial charge in [-0.05, 0) is 49.4 Å². The largest absolute Gasteiger partial charge is 0.103 e. The fraction of sp³-hybridized carbons (Fsp3) is 0.286. The summed E-state index contributed by atoms with van der Waals surface area (Å²) in [4.78, 5) is 0. The van der Waals surface area contributed by atoms with Crippen molar-refractivity contribution in [1.82, 2.24) is 0 Å². The molecule has 0 unspecified atom stereocenters. The number of aryl methyl sites for hydroxylation is 2. The molecule has 0 aliphatic heterocycles. The van der Waals surface area contributed by atoms with Crippen LogP contribution in [0.3, 0.4) is 0 Å². The first-order chi connectivity index (χ1) is 6.69. The summed E-state index contributed by atoms with van der Waals surface area (Å²) in [5.41, 5.74) is 5.39. The number of hydrogen-bond acceptors (Lipinski definition) is 0. The zero-order valence-corrected chi connectivity index (χ0v) is 9.30. The van der Waals surface area contributed by atoms with Gasteiger partial charge in [0.15, 0.2) is 0 Å². The summed E-state index contributed by atoms with van der Waals surface area (Å²) in [6.07, 6.45) is 7.15. The Morgan fingerprint density at radius 3 is 2.50 bits per heavy atom. The van der Waals surface area contributed by atoms with Gasteiger partial charge in [0, 0.05) is 0 Å². The quantitative estimate of drug-likeness (QED) is 0.624. The van der Waals surface area contributed by atoms with E-state index in [2.05, 4.69) is 44.7 Å². The van der Waals surface area contributed by atoms with Crippen molar-refractivity contribution < 1.29 is 0 Å². The third-order valence-corrected chi connectivity index (χ3v) is 2.44. The van der Waals surface area contributed by atoms with Crippen LogP contribution in [0.25, 0.3) is 6.08 Å². The Kier molecular flexibility index (Phi) is 3.70. The van der Waals surface area contributed by atoms with Crippen molar-refractivity contribution in [2.45, 2.75) is 27.2 Å². The molecule has 1 rings (SSSR count). The van der Waals surface area contributed by atoms with E-state index in [1.165, 1.54) is 22.3 Å². The minimum atomic E-state index is 0.961. The van der Waals surface area contributed by atoms with Gasteiger partial charge in [-0.3, -0.25) is 0 Å². The lowest BCUT2D eigenvalue weighted by Gasteiger charge is -2.08. The Labute approximate surface area is 87.0 Å². The first-order valence-electron chi connectivity index (χ1n) is 5.02. The smallest absolute Gasteiger partial charge is 0.00974 e. The molecule has 0 aromatic heterocycles. The van der Waals surface area contributed by atoms with Crippen molar-refractivity contribution >= 4 is 6.08 Å². The minimum absolute atomic E-state index is 0.961. The molecule has 0 amide bonds. The summed E-state index contributed by atoms with van der Waals surface area (Å²) < 4.78 is 0. The predicted octanol–water partition coefficient (Wildman–Crippen LogP) is 4.07. The monoisotopic (exact) mass is 186 g/mol. The summed E-state index contributed by atoms with van der Waals surface area (Å²) in [7, 11) is 0. The predicted molar refractivity (Wildman–Crippen MR) is 64.5 cm³/mol. The van der Waals surface area contributed by atoms with Crippen LogP contribution in [0.1, 0.15) is 29.2 Å². The van der Waals surface area contributed by atoms with Crippen LogP contribution in [0.5, 0.6) is 0 Å². The lowest BCUT2D eigenvalue weighted by molar-refractivity contribution is 1.19. The molecule has 0 aliphatic carbocycles. The van der Waals surface area contributed by atoms with Crippen molar-refractivity contribution in [2.24, 2.45) is 0 Å². The number of rotatable bonds is 3. The molecular formula is C14H18. The summed E-state index contributed by atoms with van der Waals surface area (Å²) >= 11 is 0. The first kappa shape index (κ1) is 10.8. The van der Waals surface area contributed by atoms with Crippen molar-refractivity contribution in [1.29, 1.82) is 0 Å². The second-order valence-corrected chi connectivity index (χ2v) is 3.63. The lowest BCUT2D eigenvalue weighted by atomic mass is 9.98. The van der Waals surface area contributed by atoms with Crippen molar-refractivity contribution in [3.05, 3.63) is 53.1 Å². The number of benzene rings is 1. The molecule has 1 aromatic rings. The molecule has 1 aromatic carbocycles. The second-order valence-electron chi connectivity index (χ2n) is 3.63. The van der Waals surface area contributed by atoms with E-state index in [1.807, 2.05) is 13.0 Å². The molecule has 0 fully saturated rings. The molecule has 0 nitrogen and oxygen atoms in total. The van der Waals surface area contributed by atoms with Gasteiger partial charge in [0.05, 0.1) is 0 Å². The van der Waals surface area contributed by atoms with Gasteiger partial charge in [0.25, 0.3) is 0 Å². The molecule has 0 N–H and O–H groups in total. The van der Waals surface area contributed by atoms with Crippen LogP contribution in [0.2, 0.25) is 0 Å². The molecule has 0 saturated heterocycles. The highest BCUT2D eigenvalue weighted by atomic mass is 14.1. The summed E-state index contributed by atoms with van der Waals surface area (Å²) in [6, 6.07) is 4.50. The van der Waals surface area contributed by atoms with E-state index in [4.69, 9.17) is 0 Å². The summed E-state index contributed by atoms with van der Waals surface area (Å²) in [5.74, 6) is 0. The topological polar surface area (TPSA) is 0 Å². The van der Waals surface area contributed by atoms with E-state index in [0.29, 0.717) is 0 Å². The second kappa shape index (κ2) is 4.80. The Morgan fingerprint density at radius 1 is 1.21 bits per heavy atom. The van der Waals surface area contributed by atoms with Gasteiger partial charge in [-0.2, -0.15) is 0 Å². The van der Waals surface area contributed by atoms with E-state index in [9.17, 15) is 0 Å².